The van der Waals surface area contributed by atoms with E-state index in [2.05, 4.69) is 39.7 Å². The first-order valence-electron chi connectivity index (χ1n) is 7.24. The van der Waals surface area contributed by atoms with Crippen LogP contribution in [0.2, 0.25) is 0 Å². The van der Waals surface area contributed by atoms with Crippen molar-refractivity contribution >= 4 is 5.97 Å². The Kier molecular flexibility index (Phi) is 5.22. The maximum atomic E-state index is 12.3. The summed E-state index contributed by atoms with van der Waals surface area (Å²) in [4.78, 5) is 12.3. The molecule has 0 aromatic carbocycles. The van der Waals surface area contributed by atoms with Crippen molar-refractivity contribution < 1.29 is 9.53 Å². The summed E-state index contributed by atoms with van der Waals surface area (Å²) in [7, 11) is 0. The molecule has 0 amide bonds. The van der Waals surface area contributed by atoms with Crippen molar-refractivity contribution in [1.29, 1.82) is 0 Å². The summed E-state index contributed by atoms with van der Waals surface area (Å²) in [5.74, 6) is 2.56. The number of hydrogen-bond donors (Lipinski definition) is 0. The van der Waals surface area contributed by atoms with Gasteiger partial charge in [0, 0.05) is 0 Å². The third-order valence-electron chi connectivity index (χ3n) is 4.00. The molecule has 2 nitrogen and oxygen atoms in total. The molecule has 0 heterocycles. The maximum Gasteiger partial charge on any atom is 0.311 e. The molecule has 0 aromatic heterocycles. The molecule has 1 fully saturated rings. The van der Waals surface area contributed by atoms with Crippen LogP contribution in [0.25, 0.3) is 0 Å². The van der Waals surface area contributed by atoms with Gasteiger partial charge in [-0.25, -0.2) is 0 Å². The molecule has 1 unspecified atom stereocenters. The fraction of sp³-hybridized carbons (Fsp3) is 0.611. The predicted molar refractivity (Wildman–Crippen MR) is 83.0 cm³/mol. The minimum Gasteiger partial charge on any atom is -0.444 e. The standard InChI is InChI=1S/C18H26O2/c1-8-10-13(5)15(9-2)20-17(19)16-14(11-12(3)4)18(16,6)7/h2,10-11,14-16H,8H2,1,3-7H3/t14-,15?,16+/m1/s1. The lowest BCUT2D eigenvalue weighted by Gasteiger charge is -2.13. The Bertz CT molecular complexity index is 470. The molecule has 3 atom stereocenters. The van der Waals surface area contributed by atoms with Crippen molar-refractivity contribution in [3.8, 4) is 12.3 Å². The number of rotatable bonds is 5. The van der Waals surface area contributed by atoms with Crippen LogP contribution in [-0.2, 0) is 9.53 Å². The Hall–Kier alpha value is -1.49. The van der Waals surface area contributed by atoms with E-state index in [1.807, 2.05) is 19.9 Å². The molecule has 0 radical (unpaired) electrons. The predicted octanol–water partition coefficient (Wildman–Crippen LogP) is 4.13. The Labute approximate surface area is 123 Å². The van der Waals surface area contributed by atoms with Gasteiger partial charge in [-0.05, 0) is 44.1 Å². The highest BCUT2D eigenvalue weighted by molar-refractivity contribution is 5.79. The second-order valence-corrected chi connectivity index (χ2v) is 6.41. The van der Waals surface area contributed by atoms with Gasteiger partial charge in [-0.1, -0.05) is 44.4 Å². The van der Waals surface area contributed by atoms with Crippen molar-refractivity contribution in [2.24, 2.45) is 17.3 Å². The van der Waals surface area contributed by atoms with E-state index >= 15 is 0 Å². The zero-order valence-electron chi connectivity index (χ0n) is 13.5. The van der Waals surface area contributed by atoms with Gasteiger partial charge in [-0.3, -0.25) is 4.79 Å². The van der Waals surface area contributed by atoms with E-state index in [0.29, 0.717) is 0 Å². The van der Waals surface area contributed by atoms with Gasteiger partial charge in [0.15, 0.2) is 6.10 Å². The van der Waals surface area contributed by atoms with Crippen molar-refractivity contribution in [3.05, 3.63) is 23.3 Å². The smallest absolute Gasteiger partial charge is 0.311 e. The van der Waals surface area contributed by atoms with E-state index in [4.69, 9.17) is 11.2 Å². The third kappa shape index (κ3) is 3.54. The van der Waals surface area contributed by atoms with Crippen LogP contribution in [0.5, 0.6) is 0 Å². The third-order valence-corrected chi connectivity index (χ3v) is 4.00. The molecule has 2 heteroatoms. The zero-order chi connectivity index (χ0) is 15.5. The summed E-state index contributed by atoms with van der Waals surface area (Å²) < 4.78 is 5.51. The highest BCUT2D eigenvalue weighted by Crippen LogP contribution is 2.59. The van der Waals surface area contributed by atoms with E-state index in [1.165, 1.54) is 5.57 Å². The highest BCUT2D eigenvalue weighted by atomic mass is 16.5. The molecule has 0 bridgehead atoms. The van der Waals surface area contributed by atoms with E-state index in [0.717, 1.165) is 12.0 Å². The van der Waals surface area contributed by atoms with Crippen LogP contribution < -0.4 is 0 Å². The average molecular weight is 274 g/mol. The molecule has 0 aliphatic heterocycles. The minimum atomic E-state index is -0.536. The van der Waals surface area contributed by atoms with Crippen molar-refractivity contribution in [2.75, 3.05) is 0 Å². The molecule has 1 aliphatic carbocycles. The molecule has 0 spiro atoms. The van der Waals surface area contributed by atoms with Crippen LogP contribution in [0.3, 0.4) is 0 Å². The number of allylic oxidation sites excluding steroid dienone is 3. The summed E-state index contributed by atoms with van der Waals surface area (Å²) in [5.41, 5.74) is 2.13. The second kappa shape index (κ2) is 6.31. The molecule has 1 aliphatic rings. The van der Waals surface area contributed by atoms with Crippen LogP contribution in [0.15, 0.2) is 23.3 Å². The lowest BCUT2D eigenvalue weighted by atomic mass is 10.1. The summed E-state index contributed by atoms with van der Waals surface area (Å²) >= 11 is 0. The first-order chi connectivity index (χ1) is 9.25. The van der Waals surface area contributed by atoms with E-state index in [9.17, 15) is 4.79 Å². The Morgan fingerprint density at radius 2 is 2.00 bits per heavy atom. The molecular weight excluding hydrogens is 248 g/mol. The summed E-state index contributed by atoms with van der Waals surface area (Å²) in [6.45, 7) is 12.2. The van der Waals surface area contributed by atoms with Gasteiger partial charge in [-0.2, -0.15) is 0 Å². The highest BCUT2D eigenvalue weighted by Gasteiger charge is 2.61. The van der Waals surface area contributed by atoms with Crippen molar-refractivity contribution in [1.82, 2.24) is 0 Å². The molecule has 0 N–H and O–H groups in total. The number of esters is 1. The minimum absolute atomic E-state index is 0.0319. The van der Waals surface area contributed by atoms with Gasteiger partial charge >= 0.3 is 5.97 Å². The van der Waals surface area contributed by atoms with Gasteiger partial charge in [0.25, 0.3) is 0 Å². The van der Waals surface area contributed by atoms with Crippen molar-refractivity contribution in [3.63, 3.8) is 0 Å². The largest absolute Gasteiger partial charge is 0.444 e. The van der Waals surface area contributed by atoms with Gasteiger partial charge in [0.1, 0.15) is 0 Å². The number of terminal acetylenes is 1. The normalized spacial score (nSPS) is 25.4. The number of carbonyl (C=O) groups is 1. The molecular formula is C18H26O2. The van der Waals surface area contributed by atoms with Gasteiger partial charge < -0.3 is 4.74 Å². The Morgan fingerprint density at radius 3 is 2.45 bits per heavy atom. The van der Waals surface area contributed by atoms with E-state index in [-0.39, 0.29) is 23.2 Å². The number of carbonyl (C=O) groups excluding carboxylic acids is 1. The van der Waals surface area contributed by atoms with Crippen LogP contribution in [0.1, 0.15) is 48.0 Å². The average Bonchev–Trinajstić information content (AvgIpc) is 2.86. The van der Waals surface area contributed by atoms with E-state index < -0.39 is 6.10 Å². The first-order valence-corrected chi connectivity index (χ1v) is 7.24. The molecule has 0 aromatic rings. The Morgan fingerprint density at radius 1 is 1.40 bits per heavy atom. The van der Waals surface area contributed by atoms with E-state index in [1.54, 1.807) is 0 Å². The number of ether oxygens (including phenoxy) is 1. The van der Waals surface area contributed by atoms with Crippen molar-refractivity contribution in [2.45, 2.75) is 54.1 Å². The van der Waals surface area contributed by atoms with Crippen LogP contribution in [-0.4, -0.2) is 12.1 Å². The fourth-order valence-electron chi connectivity index (χ4n) is 2.67. The monoisotopic (exact) mass is 274 g/mol. The summed E-state index contributed by atoms with van der Waals surface area (Å²) in [6.07, 6.45) is 9.99. The molecule has 0 saturated heterocycles. The first kappa shape index (κ1) is 16.6. The lowest BCUT2D eigenvalue weighted by molar-refractivity contribution is -0.147. The van der Waals surface area contributed by atoms with Gasteiger partial charge in [0.05, 0.1) is 5.92 Å². The second-order valence-electron chi connectivity index (χ2n) is 6.41. The van der Waals surface area contributed by atoms with Crippen LogP contribution >= 0.6 is 0 Å². The fourth-order valence-corrected chi connectivity index (χ4v) is 2.67. The maximum absolute atomic E-state index is 12.3. The molecule has 20 heavy (non-hydrogen) atoms. The summed E-state index contributed by atoms with van der Waals surface area (Å²) in [6, 6.07) is 0. The quantitative estimate of drug-likeness (QED) is 0.428. The number of hydrogen-bond acceptors (Lipinski definition) is 2. The Balaban J connectivity index is 2.76. The molecule has 1 rings (SSSR count). The summed E-state index contributed by atoms with van der Waals surface area (Å²) in [5, 5.41) is 0. The molecule has 1 saturated carbocycles. The van der Waals surface area contributed by atoms with Crippen LogP contribution in [0.4, 0.5) is 0 Å². The lowest BCUT2D eigenvalue weighted by Crippen LogP contribution is -2.20. The SMILES string of the molecule is C#CC(OC(=O)[C@@H]1[C@@H](C=C(C)C)C1(C)C)C(C)=CCC. The molecule has 110 valence electrons. The van der Waals surface area contributed by atoms with Gasteiger partial charge in [-0.15, -0.1) is 6.42 Å². The van der Waals surface area contributed by atoms with Gasteiger partial charge in [0.2, 0.25) is 0 Å². The topological polar surface area (TPSA) is 26.3 Å². The zero-order valence-corrected chi connectivity index (χ0v) is 13.5. The van der Waals surface area contributed by atoms with Crippen LogP contribution in [0, 0.1) is 29.6 Å².